The van der Waals surface area contributed by atoms with Gasteiger partial charge in [0, 0.05) is 6.54 Å². The lowest BCUT2D eigenvalue weighted by Crippen LogP contribution is -2.43. The van der Waals surface area contributed by atoms with Crippen molar-refractivity contribution in [2.75, 3.05) is 13.2 Å². The number of amides is 1. The summed E-state index contributed by atoms with van der Waals surface area (Å²) in [6.45, 7) is 2.32. The zero-order valence-corrected chi connectivity index (χ0v) is 11.6. The largest absolute Gasteiger partial charge is 0.464 e. The summed E-state index contributed by atoms with van der Waals surface area (Å²) < 4.78 is 6.14. The van der Waals surface area contributed by atoms with E-state index in [-0.39, 0.29) is 24.9 Å². The zero-order chi connectivity index (χ0) is 15.4. The number of likely N-dealkylation sites (tertiary alicyclic amines) is 1. The number of nitro groups is 1. The number of aromatic nitrogens is 2. The number of esters is 1. The predicted molar refractivity (Wildman–Crippen MR) is 70.2 cm³/mol. The van der Waals surface area contributed by atoms with Crippen LogP contribution in [0.1, 0.15) is 19.8 Å². The Balaban J connectivity index is 2.01. The lowest BCUT2D eigenvalue weighted by atomic mass is 10.2. The van der Waals surface area contributed by atoms with Gasteiger partial charge < -0.3 is 19.8 Å². The quantitative estimate of drug-likeness (QED) is 0.440. The van der Waals surface area contributed by atoms with Crippen LogP contribution in [0.3, 0.4) is 0 Å². The van der Waals surface area contributed by atoms with Crippen LogP contribution in [0.15, 0.2) is 12.3 Å². The van der Waals surface area contributed by atoms with Crippen LogP contribution in [-0.2, 0) is 20.9 Å². The number of nitrogens with zero attached hydrogens (tertiary/aromatic N) is 4. The second-order valence-corrected chi connectivity index (χ2v) is 4.63. The molecule has 0 spiro atoms. The summed E-state index contributed by atoms with van der Waals surface area (Å²) in [5.41, 5.74) is 0. The van der Waals surface area contributed by atoms with Gasteiger partial charge in [0.15, 0.2) is 0 Å². The molecule has 0 bridgehead atoms. The maximum Gasteiger partial charge on any atom is 0.389 e. The third-order valence-electron chi connectivity index (χ3n) is 3.24. The second-order valence-electron chi connectivity index (χ2n) is 4.63. The molecule has 1 unspecified atom stereocenters. The van der Waals surface area contributed by atoms with E-state index in [1.807, 2.05) is 0 Å². The van der Waals surface area contributed by atoms with Gasteiger partial charge in [0.25, 0.3) is 0 Å². The Kier molecular flexibility index (Phi) is 4.51. The molecule has 21 heavy (non-hydrogen) atoms. The molecule has 0 saturated carbocycles. The van der Waals surface area contributed by atoms with E-state index in [0.29, 0.717) is 13.0 Å². The number of carbonyl (C=O) groups is 2. The molecular weight excluding hydrogens is 280 g/mol. The highest BCUT2D eigenvalue weighted by Crippen LogP contribution is 2.19. The Labute approximate surface area is 120 Å². The summed E-state index contributed by atoms with van der Waals surface area (Å²) in [5, 5.41) is 14.2. The minimum absolute atomic E-state index is 0.135. The normalized spacial score (nSPS) is 17.8. The summed E-state index contributed by atoms with van der Waals surface area (Å²) in [6, 6.07) is 0.656. The molecule has 1 aliphatic heterocycles. The number of hydrogen-bond acceptors (Lipinski definition) is 6. The molecule has 1 saturated heterocycles. The van der Waals surface area contributed by atoms with Crippen LogP contribution in [0.25, 0.3) is 0 Å². The highest BCUT2D eigenvalue weighted by atomic mass is 16.6. The molecule has 1 amide bonds. The summed E-state index contributed by atoms with van der Waals surface area (Å²) in [5.74, 6) is -1.02. The van der Waals surface area contributed by atoms with Crippen LogP contribution in [0, 0.1) is 10.1 Å². The molecule has 0 aliphatic carbocycles. The van der Waals surface area contributed by atoms with E-state index in [4.69, 9.17) is 4.74 Å². The van der Waals surface area contributed by atoms with Crippen LogP contribution in [0.4, 0.5) is 5.82 Å². The molecule has 2 heterocycles. The molecule has 2 rings (SSSR count). The van der Waals surface area contributed by atoms with Crippen LogP contribution < -0.4 is 0 Å². The fourth-order valence-corrected chi connectivity index (χ4v) is 2.31. The molecular formula is C12H16N4O5. The van der Waals surface area contributed by atoms with Gasteiger partial charge in [-0.25, -0.2) is 4.79 Å². The summed E-state index contributed by atoms with van der Waals surface area (Å²) in [4.78, 5) is 35.3. The van der Waals surface area contributed by atoms with Crippen molar-refractivity contribution >= 4 is 17.7 Å². The summed E-state index contributed by atoms with van der Waals surface area (Å²) >= 11 is 0. The Morgan fingerprint density at radius 2 is 2.33 bits per heavy atom. The van der Waals surface area contributed by atoms with E-state index in [1.54, 1.807) is 6.92 Å². The van der Waals surface area contributed by atoms with E-state index in [0.717, 1.165) is 6.42 Å². The zero-order valence-electron chi connectivity index (χ0n) is 11.6. The van der Waals surface area contributed by atoms with Crippen molar-refractivity contribution in [1.82, 2.24) is 14.7 Å². The predicted octanol–water partition coefficient (Wildman–Crippen LogP) is 0.345. The molecule has 9 heteroatoms. The van der Waals surface area contributed by atoms with Gasteiger partial charge in [0.1, 0.15) is 12.6 Å². The highest BCUT2D eigenvalue weighted by Gasteiger charge is 2.35. The maximum absolute atomic E-state index is 12.2. The van der Waals surface area contributed by atoms with Crippen LogP contribution >= 0.6 is 0 Å². The van der Waals surface area contributed by atoms with Crippen molar-refractivity contribution in [1.29, 1.82) is 0 Å². The van der Waals surface area contributed by atoms with Gasteiger partial charge in [-0.2, -0.15) is 4.68 Å². The minimum Gasteiger partial charge on any atom is -0.464 e. The van der Waals surface area contributed by atoms with Crippen molar-refractivity contribution in [3.8, 4) is 0 Å². The summed E-state index contributed by atoms with van der Waals surface area (Å²) in [6.07, 6.45) is 2.67. The third kappa shape index (κ3) is 3.36. The van der Waals surface area contributed by atoms with Crippen molar-refractivity contribution < 1.29 is 19.2 Å². The lowest BCUT2D eigenvalue weighted by molar-refractivity contribution is -0.389. The van der Waals surface area contributed by atoms with E-state index >= 15 is 0 Å². The molecule has 1 atom stereocenters. The van der Waals surface area contributed by atoms with E-state index in [2.05, 4.69) is 5.10 Å². The second kappa shape index (κ2) is 6.33. The number of ether oxygens (including phenoxy) is 1. The molecule has 1 fully saturated rings. The topological polar surface area (TPSA) is 108 Å². The highest BCUT2D eigenvalue weighted by molar-refractivity contribution is 5.85. The number of rotatable bonds is 5. The van der Waals surface area contributed by atoms with Crippen LogP contribution in [-0.4, -0.2) is 50.7 Å². The number of hydrogen-bond donors (Lipinski definition) is 0. The van der Waals surface area contributed by atoms with E-state index < -0.39 is 16.9 Å². The number of carbonyl (C=O) groups excluding carboxylic acids is 2. The van der Waals surface area contributed by atoms with Gasteiger partial charge in [-0.15, -0.1) is 0 Å². The molecule has 9 nitrogen and oxygen atoms in total. The van der Waals surface area contributed by atoms with Crippen molar-refractivity contribution in [3.63, 3.8) is 0 Å². The Bertz CT molecular complexity index is 556. The average Bonchev–Trinajstić information content (AvgIpc) is 3.07. The van der Waals surface area contributed by atoms with E-state index in [9.17, 15) is 19.7 Å². The van der Waals surface area contributed by atoms with Gasteiger partial charge in [-0.1, -0.05) is 0 Å². The SMILES string of the molecule is CCOC(=O)C1CCCN1C(=O)Cn1ccc([N+](=O)[O-])n1. The average molecular weight is 296 g/mol. The molecule has 1 aromatic rings. The first-order valence-corrected chi connectivity index (χ1v) is 6.67. The van der Waals surface area contributed by atoms with Crippen LogP contribution in [0.5, 0.6) is 0 Å². The summed E-state index contributed by atoms with van der Waals surface area (Å²) in [7, 11) is 0. The first kappa shape index (κ1) is 14.9. The van der Waals surface area contributed by atoms with E-state index in [1.165, 1.54) is 21.8 Å². The van der Waals surface area contributed by atoms with Gasteiger partial charge in [0.2, 0.25) is 5.91 Å². The molecule has 0 aromatic carbocycles. The smallest absolute Gasteiger partial charge is 0.389 e. The lowest BCUT2D eigenvalue weighted by Gasteiger charge is -2.22. The molecule has 0 N–H and O–H groups in total. The molecule has 1 aliphatic rings. The minimum atomic E-state index is -0.627. The Morgan fingerprint density at radius 3 is 2.95 bits per heavy atom. The Hall–Kier alpha value is -2.45. The Morgan fingerprint density at radius 1 is 1.57 bits per heavy atom. The molecule has 1 aromatic heterocycles. The van der Waals surface area contributed by atoms with Crippen molar-refractivity contribution in [3.05, 3.63) is 22.4 Å². The maximum atomic E-state index is 12.2. The monoisotopic (exact) mass is 296 g/mol. The van der Waals surface area contributed by atoms with Crippen LogP contribution in [0.2, 0.25) is 0 Å². The molecule has 114 valence electrons. The van der Waals surface area contributed by atoms with Crippen molar-refractivity contribution in [2.24, 2.45) is 0 Å². The first-order chi connectivity index (χ1) is 10.0. The standard InChI is InChI=1S/C12H16N4O5/c1-2-21-12(18)9-4-3-6-15(9)11(17)8-14-7-5-10(13-14)16(19)20/h5,7,9H,2-4,6,8H2,1H3. The fraction of sp³-hybridized carbons (Fsp3) is 0.583. The fourth-order valence-electron chi connectivity index (χ4n) is 2.31. The van der Waals surface area contributed by atoms with Gasteiger partial charge >= 0.3 is 11.8 Å². The third-order valence-corrected chi connectivity index (χ3v) is 3.24. The van der Waals surface area contributed by atoms with Gasteiger partial charge in [-0.05, 0) is 24.7 Å². The van der Waals surface area contributed by atoms with Crippen molar-refractivity contribution in [2.45, 2.75) is 32.4 Å². The molecule has 0 radical (unpaired) electrons. The van der Waals surface area contributed by atoms with Gasteiger partial charge in [-0.3, -0.25) is 4.79 Å². The first-order valence-electron chi connectivity index (χ1n) is 6.67. The van der Waals surface area contributed by atoms with Gasteiger partial charge in [0.05, 0.1) is 24.0 Å².